The molecule has 2 aliphatic rings. The summed E-state index contributed by atoms with van der Waals surface area (Å²) in [5.74, 6) is 1.24. The molecule has 0 spiro atoms. The van der Waals surface area contributed by atoms with Crippen LogP contribution in [0.25, 0.3) is 0 Å². The molecule has 1 aliphatic carbocycles. The second kappa shape index (κ2) is 5.21. The molecule has 0 atom stereocenters. The molecule has 1 saturated carbocycles. The Labute approximate surface area is 110 Å². The second-order valence-electron chi connectivity index (χ2n) is 6.13. The molecule has 0 radical (unpaired) electrons. The highest BCUT2D eigenvalue weighted by Crippen LogP contribution is 2.40. The quantitative estimate of drug-likeness (QED) is 0.827. The first kappa shape index (κ1) is 13.3. The standard InChI is InChI=1S/C14H26N2S/c1-4-14(5-2)10-16-12(17-11-14)15-9-13(3)7-6-8-13/h4-11H2,1-3H3,(H,15,16). The molecule has 17 heavy (non-hydrogen) atoms. The molecule has 1 N–H and O–H groups in total. The van der Waals surface area contributed by atoms with Gasteiger partial charge in [-0.3, -0.25) is 4.99 Å². The minimum atomic E-state index is 0.468. The molecule has 2 rings (SSSR count). The van der Waals surface area contributed by atoms with Gasteiger partial charge in [0, 0.05) is 18.8 Å². The SMILES string of the molecule is CCC1(CC)CN=C(NCC2(C)CCC2)SC1. The Morgan fingerprint density at radius 1 is 1.29 bits per heavy atom. The van der Waals surface area contributed by atoms with Crippen LogP contribution in [-0.2, 0) is 0 Å². The lowest BCUT2D eigenvalue weighted by Crippen LogP contribution is -2.41. The van der Waals surface area contributed by atoms with Crippen molar-refractivity contribution in [2.45, 2.75) is 52.9 Å². The maximum atomic E-state index is 4.75. The van der Waals surface area contributed by atoms with Crippen LogP contribution in [0.4, 0.5) is 0 Å². The highest BCUT2D eigenvalue weighted by molar-refractivity contribution is 8.13. The zero-order valence-electron chi connectivity index (χ0n) is 11.5. The Hall–Kier alpha value is -0.180. The predicted molar refractivity (Wildman–Crippen MR) is 77.7 cm³/mol. The van der Waals surface area contributed by atoms with Crippen LogP contribution < -0.4 is 5.32 Å². The summed E-state index contributed by atoms with van der Waals surface area (Å²) in [5, 5.41) is 4.75. The zero-order chi connectivity index (χ0) is 12.4. The Morgan fingerprint density at radius 3 is 2.41 bits per heavy atom. The van der Waals surface area contributed by atoms with Crippen LogP contribution in [0, 0.1) is 10.8 Å². The van der Waals surface area contributed by atoms with Gasteiger partial charge in [-0.05, 0) is 36.5 Å². The van der Waals surface area contributed by atoms with E-state index in [1.165, 1.54) is 43.0 Å². The number of hydrogen-bond donors (Lipinski definition) is 1. The van der Waals surface area contributed by atoms with Gasteiger partial charge in [-0.1, -0.05) is 39.0 Å². The lowest BCUT2D eigenvalue weighted by molar-refractivity contribution is 0.165. The van der Waals surface area contributed by atoms with Gasteiger partial charge in [0.25, 0.3) is 0 Å². The molecule has 0 aromatic heterocycles. The van der Waals surface area contributed by atoms with Gasteiger partial charge >= 0.3 is 0 Å². The Balaban J connectivity index is 1.82. The zero-order valence-corrected chi connectivity index (χ0v) is 12.3. The maximum absolute atomic E-state index is 4.75. The number of aliphatic imine (C=N–C) groups is 1. The summed E-state index contributed by atoms with van der Waals surface area (Å²) in [5.41, 5.74) is 1.02. The highest BCUT2D eigenvalue weighted by Gasteiger charge is 2.33. The van der Waals surface area contributed by atoms with Crippen molar-refractivity contribution in [3.63, 3.8) is 0 Å². The lowest BCUT2D eigenvalue weighted by Gasteiger charge is -2.39. The first-order valence-electron chi connectivity index (χ1n) is 7.03. The van der Waals surface area contributed by atoms with Crippen LogP contribution in [-0.4, -0.2) is 24.0 Å². The van der Waals surface area contributed by atoms with E-state index < -0.39 is 0 Å². The molecule has 0 unspecified atom stereocenters. The number of hydrogen-bond acceptors (Lipinski definition) is 3. The van der Waals surface area contributed by atoms with Crippen LogP contribution in [0.15, 0.2) is 4.99 Å². The van der Waals surface area contributed by atoms with E-state index in [9.17, 15) is 0 Å². The Morgan fingerprint density at radius 2 is 2.00 bits per heavy atom. The summed E-state index contributed by atoms with van der Waals surface area (Å²) in [7, 11) is 0. The molecule has 0 amide bonds. The van der Waals surface area contributed by atoms with Gasteiger partial charge < -0.3 is 5.32 Å². The van der Waals surface area contributed by atoms with Crippen molar-refractivity contribution < 1.29 is 0 Å². The number of rotatable bonds is 4. The fourth-order valence-corrected chi connectivity index (χ4v) is 3.86. The minimum absolute atomic E-state index is 0.468. The van der Waals surface area contributed by atoms with Crippen LogP contribution in [0.5, 0.6) is 0 Å². The molecule has 0 saturated heterocycles. The molecule has 0 aromatic rings. The normalized spacial score (nSPS) is 25.9. The Bertz CT molecular complexity index is 291. The van der Waals surface area contributed by atoms with Crippen molar-refractivity contribution in [2.75, 3.05) is 18.8 Å². The van der Waals surface area contributed by atoms with E-state index in [1.807, 2.05) is 11.8 Å². The molecule has 0 aromatic carbocycles. The van der Waals surface area contributed by atoms with Gasteiger partial charge in [-0.25, -0.2) is 0 Å². The molecule has 1 fully saturated rings. The Kier molecular flexibility index (Phi) is 4.06. The average molecular weight is 254 g/mol. The van der Waals surface area contributed by atoms with Crippen molar-refractivity contribution in [2.24, 2.45) is 15.8 Å². The number of thioether (sulfide) groups is 1. The minimum Gasteiger partial charge on any atom is -0.364 e. The summed E-state index contributed by atoms with van der Waals surface area (Å²) >= 11 is 1.93. The summed E-state index contributed by atoms with van der Waals surface area (Å²) in [6.45, 7) is 9.12. The second-order valence-corrected chi connectivity index (χ2v) is 7.10. The lowest BCUT2D eigenvalue weighted by atomic mass is 9.70. The van der Waals surface area contributed by atoms with Gasteiger partial charge in [0.2, 0.25) is 0 Å². The molecule has 2 nitrogen and oxygen atoms in total. The van der Waals surface area contributed by atoms with Gasteiger partial charge in [-0.2, -0.15) is 0 Å². The van der Waals surface area contributed by atoms with Gasteiger partial charge in [-0.15, -0.1) is 0 Å². The summed E-state index contributed by atoms with van der Waals surface area (Å²) in [6.07, 6.45) is 6.68. The molecular weight excluding hydrogens is 228 g/mol. The molecular formula is C14H26N2S. The molecule has 1 heterocycles. The average Bonchev–Trinajstić information content (AvgIpc) is 2.35. The van der Waals surface area contributed by atoms with Gasteiger partial charge in [0.05, 0.1) is 0 Å². The monoisotopic (exact) mass is 254 g/mol. The maximum Gasteiger partial charge on any atom is 0.156 e. The third-order valence-electron chi connectivity index (χ3n) is 4.80. The van der Waals surface area contributed by atoms with Crippen molar-refractivity contribution in [3.05, 3.63) is 0 Å². The first-order chi connectivity index (χ1) is 8.11. The summed E-state index contributed by atoms with van der Waals surface area (Å²) < 4.78 is 0. The molecule has 1 aliphatic heterocycles. The van der Waals surface area contributed by atoms with Crippen molar-refractivity contribution in [1.82, 2.24) is 5.32 Å². The van der Waals surface area contributed by atoms with E-state index in [-0.39, 0.29) is 0 Å². The smallest absolute Gasteiger partial charge is 0.156 e. The third-order valence-corrected chi connectivity index (χ3v) is 6.10. The van der Waals surface area contributed by atoms with Crippen LogP contribution in [0.2, 0.25) is 0 Å². The summed E-state index contributed by atoms with van der Waals surface area (Å²) in [4.78, 5) is 4.75. The van der Waals surface area contributed by atoms with E-state index in [2.05, 4.69) is 26.1 Å². The van der Waals surface area contributed by atoms with Gasteiger partial charge in [0.15, 0.2) is 5.17 Å². The van der Waals surface area contributed by atoms with Crippen molar-refractivity contribution >= 4 is 16.9 Å². The van der Waals surface area contributed by atoms with Crippen LogP contribution in [0.1, 0.15) is 52.9 Å². The molecule has 0 bridgehead atoms. The van der Waals surface area contributed by atoms with Crippen LogP contribution >= 0.6 is 11.8 Å². The van der Waals surface area contributed by atoms with Crippen molar-refractivity contribution in [3.8, 4) is 0 Å². The first-order valence-corrected chi connectivity index (χ1v) is 8.01. The predicted octanol–water partition coefficient (Wildman–Crippen LogP) is 3.68. The van der Waals surface area contributed by atoms with Crippen molar-refractivity contribution in [1.29, 1.82) is 0 Å². The van der Waals surface area contributed by atoms with Gasteiger partial charge in [0.1, 0.15) is 0 Å². The topological polar surface area (TPSA) is 24.4 Å². The highest BCUT2D eigenvalue weighted by atomic mass is 32.2. The largest absolute Gasteiger partial charge is 0.364 e. The fraction of sp³-hybridized carbons (Fsp3) is 0.929. The number of nitrogens with one attached hydrogen (secondary N) is 1. The van der Waals surface area contributed by atoms with E-state index in [1.54, 1.807) is 0 Å². The third kappa shape index (κ3) is 2.98. The fourth-order valence-electron chi connectivity index (χ4n) is 2.58. The number of amidine groups is 1. The molecule has 98 valence electrons. The summed E-state index contributed by atoms with van der Waals surface area (Å²) in [6, 6.07) is 0. The van der Waals surface area contributed by atoms with E-state index in [0.717, 1.165) is 13.1 Å². The van der Waals surface area contributed by atoms with E-state index >= 15 is 0 Å². The van der Waals surface area contributed by atoms with E-state index in [4.69, 9.17) is 4.99 Å². The van der Waals surface area contributed by atoms with E-state index in [0.29, 0.717) is 10.8 Å². The molecule has 3 heteroatoms. The number of nitrogens with zero attached hydrogens (tertiary/aromatic N) is 1. The van der Waals surface area contributed by atoms with Crippen LogP contribution in [0.3, 0.4) is 0 Å².